The minimum atomic E-state index is 0.217. The quantitative estimate of drug-likeness (QED) is 0.481. The van der Waals surface area contributed by atoms with Crippen molar-refractivity contribution in [3.63, 3.8) is 0 Å². The second kappa shape index (κ2) is 9.44. The zero-order chi connectivity index (χ0) is 19.1. The van der Waals surface area contributed by atoms with Crippen LogP contribution in [0.2, 0.25) is 0 Å². The van der Waals surface area contributed by atoms with Crippen LogP contribution >= 0.6 is 0 Å². The molecule has 0 radical (unpaired) electrons. The maximum atomic E-state index is 6.08. The van der Waals surface area contributed by atoms with Gasteiger partial charge in [-0.15, -0.1) is 6.58 Å². The Bertz CT molecular complexity index is 741. The fraction of sp³-hybridized carbons (Fsp3) is 0.364. The third-order valence-corrected chi connectivity index (χ3v) is 4.70. The van der Waals surface area contributed by atoms with Crippen molar-refractivity contribution in [2.75, 3.05) is 34.4 Å². The zero-order valence-corrected chi connectivity index (χ0v) is 15.9. The van der Waals surface area contributed by atoms with Crippen LogP contribution in [0.4, 0.5) is 0 Å². The molecule has 5 heteroatoms. The highest BCUT2D eigenvalue weighted by molar-refractivity contribution is 5.47. The molecular formula is C22H26O5. The Kier molecular flexibility index (Phi) is 6.74. The van der Waals surface area contributed by atoms with Crippen molar-refractivity contribution in [1.82, 2.24) is 0 Å². The molecule has 3 rings (SSSR count). The summed E-state index contributed by atoms with van der Waals surface area (Å²) in [5.41, 5.74) is 2.40. The first-order valence-electron chi connectivity index (χ1n) is 8.98. The summed E-state index contributed by atoms with van der Waals surface area (Å²) in [6.07, 6.45) is 2.85. The van der Waals surface area contributed by atoms with Crippen LogP contribution in [-0.4, -0.2) is 34.4 Å². The number of allylic oxidation sites excluding steroid dienone is 1. The van der Waals surface area contributed by atoms with E-state index in [-0.39, 0.29) is 19.5 Å². The van der Waals surface area contributed by atoms with E-state index in [0.717, 1.165) is 23.7 Å². The summed E-state index contributed by atoms with van der Waals surface area (Å²) in [4.78, 5) is 0. The molecule has 0 spiro atoms. The van der Waals surface area contributed by atoms with Gasteiger partial charge in [-0.3, -0.25) is 0 Å². The van der Waals surface area contributed by atoms with Crippen molar-refractivity contribution in [2.24, 2.45) is 0 Å². The van der Waals surface area contributed by atoms with E-state index in [4.69, 9.17) is 23.7 Å². The molecule has 0 saturated heterocycles. The average molecular weight is 370 g/mol. The molecule has 1 heterocycles. The van der Waals surface area contributed by atoms with Crippen LogP contribution in [0, 0.1) is 0 Å². The molecule has 1 aliphatic rings. The largest absolute Gasteiger partial charge is 0.492 e. The van der Waals surface area contributed by atoms with Gasteiger partial charge in [0, 0.05) is 32.1 Å². The van der Waals surface area contributed by atoms with Crippen LogP contribution in [0.15, 0.2) is 55.1 Å². The van der Waals surface area contributed by atoms with E-state index in [1.807, 2.05) is 30.3 Å². The zero-order valence-electron chi connectivity index (χ0n) is 15.9. The molecule has 2 atom stereocenters. The van der Waals surface area contributed by atoms with Gasteiger partial charge in [0.15, 0.2) is 13.6 Å². The molecule has 0 saturated carbocycles. The summed E-state index contributed by atoms with van der Waals surface area (Å²) >= 11 is 0. The molecule has 0 amide bonds. The van der Waals surface area contributed by atoms with Crippen molar-refractivity contribution in [3.8, 4) is 17.2 Å². The highest BCUT2D eigenvalue weighted by Crippen LogP contribution is 2.45. The van der Waals surface area contributed by atoms with Crippen LogP contribution < -0.4 is 14.2 Å². The molecule has 0 aromatic heterocycles. The maximum Gasteiger partial charge on any atom is 0.188 e. The van der Waals surface area contributed by atoms with Crippen molar-refractivity contribution >= 4 is 0 Å². The van der Waals surface area contributed by atoms with E-state index in [0.29, 0.717) is 12.5 Å². The molecule has 0 aliphatic carbocycles. The number of fused-ring (bicyclic) bond motifs is 1. The Morgan fingerprint density at radius 3 is 2.33 bits per heavy atom. The highest BCUT2D eigenvalue weighted by atomic mass is 16.7. The third kappa shape index (κ3) is 4.62. The molecule has 0 fully saturated rings. The van der Waals surface area contributed by atoms with E-state index in [1.165, 1.54) is 11.1 Å². The second-order valence-electron chi connectivity index (χ2n) is 6.42. The van der Waals surface area contributed by atoms with Crippen LogP contribution in [0.5, 0.6) is 17.2 Å². The minimum absolute atomic E-state index is 0.217. The molecule has 0 N–H and O–H groups in total. The third-order valence-electron chi connectivity index (χ3n) is 4.70. The summed E-state index contributed by atoms with van der Waals surface area (Å²) in [5, 5.41) is 0. The summed E-state index contributed by atoms with van der Waals surface area (Å²) in [5.74, 6) is 2.95. The van der Waals surface area contributed by atoms with E-state index >= 15 is 0 Å². The maximum absolute atomic E-state index is 6.08. The minimum Gasteiger partial charge on any atom is -0.492 e. The summed E-state index contributed by atoms with van der Waals surface area (Å²) in [6, 6.07) is 14.1. The fourth-order valence-electron chi connectivity index (χ4n) is 3.41. The predicted molar refractivity (Wildman–Crippen MR) is 104 cm³/mol. The van der Waals surface area contributed by atoms with Crippen molar-refractivity contribution < 1.29 is 23.7 Å². The topological polar surface area (TPSA) is 46.2 Å². The van der Waals surface area contributed by atoms with Gasteiger partial charge in [-0.1, -0.05) is 24.3 Å². The predicted octanol–water partition coefficient (Wildman–Crippen LogP) is 4.49. The Hall–Kier alpha value is -2.50. The van der Waals surface area contributed by atoms with Gasteiger partial charge in [-0.2, -0.15) is 0 Å². The van der Waals surface area contributed by atoms with Crippen LogP contribution in [0.25, 0.3) is 0 Å². The number of rotatable bonds is 9. The van der Waals surface area contributed by atoms with Gasteiger partial charge in [-0.05, 0) is 35.7 Å². The standard InChI is InChI=1S/C22H26O5/c1-4-5-19-20-11-10-18(27-15-24-3)12-22(20)25-13-21(19)16-6-8-17(9-7-16)26-14-23-2/h4,6-12,19,21H,1,5,13-15H2,2-3H3. The first kappa shape index (κ1) is 19.3. The van der Waals surface area contributed by atoms with Gasteiger partial charge < -0.3 is 23.7 Å². The number of hydrogen-bond donors (Lipinski definition) is 0. The van der Waals surface area contributed by atoms with Crippen LogP contribution in [0.1, 0.15) is 29.4 Å². The lowest BCUT2D eigenvalue weighted by Gasteiger charge is -2.34. The van der Waals surface area contributed by atoms with Gasteiger partial charge in [0.25, 0.3) is 0 Å². The molecule has 0 bridgehead atoms. The van der Waals surface area contributed by atoms with E-state index in [1.54, 1.807) is 14.2 Å². The molecule has 2 aromatic rings. The fourth-order valence-corrected chi connectivity index (χ4v) is 3.41. The number of hydrogen-bond acceptors (Lipinski definition) is 5. The smallest absolute Gasteiger partial charge is 0.188 e. The van der Waals surface area contributed by atoms with E-state index in [9.17, 15) is 0 Å². The normalized spacial score (nSPS) is 18.3. The summed E-state index contributed by atoms with van der Waals surface area (Å²) in [7, 11) is 3.21. The number of ether oxygens (including phenoxy) is 5. The van der Waals surface area contributed by atoms with Crippen molar-refractivity contribution in [2.45, 2.75) is 18.3 Å². The van der Waals surface area contributed by atoms with Gasteiger partial charge in [0.1, 0.15) is 17.2 Å². The second-order valence-corrected chi connectivity index (χ2v) is 6.42. The number of benzene rings is 2. The molecule has 27 heavy (non-hydrogen) atoms. The van der Waals surface area contributed by atoms with Crippen molar-refractivity contribution in [1.29, 1.82) is 0 Å². The van der Waals surface area contributed by atoms with Crippen molar-refractivity contribution in [3.05, 3.63) is 66.2 Å². The molecule has 144 valence electrons. The first-order valence-corrected chi connectivity index (χ1v) is 8.98. The summed E-state index contributed by atoms with van der Waals surface area (Å²) in [6.45, 7) is 5.01. The molecule has 2 aromatic carbocycles. The van der Waals surface area contributed by atoms with Gasteiger partial charge in [-0.25, -0.2) is 0 Å². The van der Waals surface area contributed by atoms with Gasteiger partial charge in [0.05, 0.1) is 6.61 Å². The Labute approximate surface area is 160 Å². The van der Waals surface area contributed by atoms with Gasteiger partial charge in [0.2, 0.25) is 0 Å². The SMILES string of the molecule is C=CCC1c2ccc(OCOC)cc2OCC1c1ccc(OCOC)cc1. The average Bonchev–Trinajstić information content (AvgIpc) is 2.71. The number of methoxy groups -OCH3 is 2. The first-order chi connectivity index (χ1) is 13.3. The Balaban J connectivity index is 1.82. The Morgan fingerprint density at radius 1 is 1.00 bits per heavy atom. The van der Waals surface area contributed by atoms with E-state index in [2.05, 4.69) is 24.8 Å². The summed E-state index contributed by atoms with van der Waals surface area (Å²) < 4.78 is 27.0. The van der Waals surface area contributed by atoms with Gasteiger partial charge >= 0.3 is 0 Å². The van der Waals surface area contributed by atoms with E-state index < -0.39 is 0 Å². The monoisotopic (exact) mass is 370 g/mol. The lowest BCUT2D eigenvalue weighted by molar-refractivity contribution is 0.0507. The molecule has 2 unspecified atom stereocenters. The highest BCUT2D eigenvalue weighted by Gasteiger charge is 2.31. The molecule has 1 aliphatic heterocycles. The lowest BCUT2D eigenvalue weighted by atomic mass is 9.78. The Morgan fingerprint density at radius 2 is 1.67 bits per heavy atom. The van der Waals surface area contributed by atoms with Crippen LogP contribution in [-0.2, 0) is 9.47 Å². The van der Waals surface area contributed by atoms with Crippen LogP contribution in [0.3, 0.4) is 0 Å². The lowest BCUT2D eigenvalue weighted by Crippen LogP contribution is -2.24. The molecular weight excluding hydrogens is 344 g/mol. The molecule has 5 nitrogen and oxygen atoms in total.